The number of hydrogen-bond acceptors (Lipinski definition) is 7. The summed E-state index contributed by atoms with van der Waals surface area (Å²) in [4.78, 5) is 22.8. The van der Waals surface area contributed by atoms with Gasteiger partial charge >= 0.3 is 0 Å². The van der Waals surface area contributed by atoms with Gasteiger partial charge in [-0.25, -0.2) is 13.4 Å². The number of likely N-dealkylation sites (tertiary alicyclic amines) is 1. The number of aryl methyl sites for hydroxylation is 2. The zero-order valence-corrected chi connectivity index (χ0v) is 22.5. The Kier molecular flexibility index (Phi) is 7.53. The van der Waals surface area contributed by atoms with Crippen molar-refractivity contribution in [2.24, 2.45) is 7.05 Å². The molecule has 0 spiro atoms. The van der Waals surface area contributed by atoms with Gasteiger partial charge in [0, 0.05) is 7.05 Å². The predicted octanol–water partition coefficient (Wildman–Crippen LogP) is 3.18. The second-order valence-corrected chi connectivity index (χ2v) is 11.5. The first-order valence-electron chi connectivity index (χ1n) is 12.6. The molecule has 0 amide bonds. The minimum atomic E-state index is -3.87. The van der Waals surface area contributed by atoms with Crippen LogP contribution in [0, 0.1) is 0 Å². The summed E-state index contributed by atoms with van der Waals surface area (Å²) >= 11 is 0. The van der Waals surface area contributed by atoms with Gasteiger partial charge in [-0.2, -0.15) is 9.82 Å². The fourth-order valence-electron chi connectivity index (χ4n) is 4.71. The highest BCUT2D eigenvalue weighted by atomic mass is 32.2. The van der Waals surface area contributed by atoms with Crippen LogP contribution < -0.4 is 15.0 Å². The molecule has 2 N–H and O–H groups in total. The Balaban J connectivity index is 1.81. The zero-order valence-electron chi connectivity index (χ0n) is 21.7. The zero-order chi connectivity index (χ0) is 26.1. The number of fused-ring (bicyclic) bond motifs is 1. The van der Waals surface area contributed by atoms with Gasteiger partial charge in [0.2, 0.25) is 10.0 Å². The molecule has 3 heterocycles. The first kappa shape index (κ1) is 26.3. The molecule has 1 aliphatic rings. The van der Waals surface area contributed by atoms with Crippen LogP contribution in [0.5, 0.6) is 5.75 Å². The lowest BCUT2D eigenvalue weighted by atomic mass is 10.1. The SMILES string of the molecule is CCCOc1ccc(S(=O)(=O)NC(C)(C)N2CCCC2)cc1-c1nc2c(CCC)nn(C)c2c(=O)[nH]1. The lowest BCUT2D eigenvalue weighted by Crippen LogP contribution is -2.55. The van der Waals surface area contributed by atoms with E-state index in [4.69, 9.17) is 9.72 Å². The molecule has 0 unspecified atom stereocenters. The number of benzene rings is 1. The van der Waals surface area contributed by atoms with E-state index in [9.17, 15) is 13.2 Å². The number of H-pyrrole nitrogens is 1. The van der Waals surface area contributed by atoms with Crippen LogP contribution in [-0.4, -0.2) is 58.4 Å². The summed E-state index contributed by atoms with van der Waals surface area (Å²) in [6.07, 6.45) is 4.41. The molecule has 2 aromatic heterocycles. The van der Waals surface area contributed by atoms with Gasteiger partial charge in [-0.05, 0) is 70.8 Å². The smallest absolute Gasteiger partial charge is 0.277 e. The second-order valence-electron chi connectivity index (χ2n) is 9.80. The highest BCUT2D eigenvalue weighted by Crippen LogP contribution is 2.32. The van der Waals surface area contributed by atoms with Crippen molar-refractivity contribution in [2.45, 2.75) is 70.4 Å². The van der Waals surface area contributed by atoms with Gasteiger partial charge in [0.15, 0.2) is 5.52 Å². The number of hydrogen-bond donors (Lipinski definition) is 2. The van der Waals surface area contributed by atoms with Crippen LogP contribution in [0.1, 0.15) is 59.1 Å². The van der Waals surface area contributed by atoms with Crippen LogP contribution in [0.15, 0.2) is 27.9 Å². The Morgan fingerprint density at radius 1 is 1.17 bits per heavy atom. The molecular formula is C25H36N6O4S. The highest BCUT2D eigenvalue weighted by Gasteiger charge is 2.34. The summed E-state index contributed by atoms with van der Waals surface area (Å²) in [5, 5.41) is 4.47. The number of sulfonamides is 1. The van der Waals surface area contributed by atoms with Gasteiger partial charge in [-0.1, -0.05) is 20.3 Å². The fraction of sp³-hybridized carbons (Fsp3) is 0.560. The van der Waals surface area contributed by atoms with E-state index in [1.165, 1.54) is 16.8 Å². The Morgan fingerprint density at radius 3 is 2.56 bits per heavy atom. The molecule has 10 nitrogen and oxygen atoms in total. The molecule has 0 saturated carbocycles. The largest absolute Gasteiger partial charge is 0.493 e. The topological polar surface area (TPSA) is 122 Å². The molecule has 0 bridgehead atoms. The molecule has 0 aliphatic carbocycles. The third-order valence-electron chi connectivity index (χ3n) is 6.51. The fourth-order valence-corrected chi connectivity index (χ4v) is 6.13. The van der Waals surface area contributed by atoms with Crippen molar-refractivity contribution in [3.8, 4) is 17.1 Å². The van der Waals surface area contributed by atoms with Crippen molar-refractivity contribution in [2.75, 3.05) is 19.7 Å². The van der Waals surface area contributed by atoms with Crippen LogP contribution in [0.3, 0.4) is 0 Å². The molecule has 3 aromatic rings. The first-order valence-corrected chi connectivity index (χ1v) is 14.1. The lowest BCUT2D eigenvalue weighted by molar-refractivity contribution is 0.143. The van der Waals surface area contributed by atoms with Crippen LogP contribution in [0.2, 0.25) is 0 Å². The Bertz CT molecular complexity index is 1400. The van der Waals surface area contributed by atoms with Gasteiger partial charge < -0.3 is 9.72 Å². The molecule has 196 valence electrons. The summed E-state index contributed by atoms with van der Waals surface area (Å²) in [5.74, 6) is 0.706. The van der Waals surface area contributed by atoms with E-state index in [0.29, 0.717) is 35.4 Å². The van der Waals surface area contributed by atoms with Gasteiger partial charge in [0.25, 0.3) is 5.56 Å². The van der Waals surface area contributed by atoms with Crippen LogP contribution in [0.4, 0.5) is 0 Å². The maximum Gasteiger partial charge on any atom is 0.277 e. The summed E-state index contributed by atoms with van der Waals surface area (Å²) in [6, 6.07) is 4.68. The van der Waals surface area contributed by atoms with E-state index in [-0.39, 0.29) is 16.3 Å². The molecular weight excluding hydrogens is 480 g/mol. The van der Waals surface area contributed by atoms with E-state index in [0.717, 1.165) is 44.5 Å². The summed E-state index contributed by atoms with van der Waals surface area (Å²) in [7, 11) is -2.15. The van der Waals surface area contributed by atoms with Crippen LogP contribution in [-0.2, 0) is 23.5 Å². The number of ether oxygens (including phenoxy) is 1. The van der Waals surface area contributed by atoms with Crippen molar-refractivity contribution in [3.05, 3.63) is 34.2 Å². The molecule has 36 heavy (non-hydrogen) atoms. The number of rotatable bonds is 10. The number of nitrogens with zero attached hydrogens (tertiary/aromatic N) is 4. The standard InChI is InChI=1S/C25H36N6O4S/c1-6-10-19-21-22(30(5)28-19)24(32)27-23(26-21)18-16-17(11-12-20(18)35-15-7-2)36(33,34)29-25(3,4)31-13-8-9-14-31/h11-12,16,29H,6-10,13-15H2,1-5H3,(H,26,27,32). The minimum Gasteiger partial charge on any atom is -0.493 e. The lowest BCUT2D eigenvalue weighted by Gasteiger charge is -2.35. The number of aromatic nitrogens is 4. The predicted molar refractivity (Wildman–Crippen MR) is 140 cm³/mol. The maximum atomic E-state index is 13.5. The third kappa shape index (κ3) is 5.18. The van der Waals surface area contributed by atoms with E-state index in [2.05, 4.69) is 19.7 Å². The Labute approximate surface area is 212 Å². The molecule has 1 fully saturated rings. The van der Waals surface area contributed by atoms with Crippen molar-refractivity contribution >= 4 is 21.1 Å². The average Bonchev–Trinajstić information content (AvgIpc) is 3.47. The number of nitrogens with one attached hydrogen (secondary N) is 2. The highest BCUT2D eigenvalue weighted by molar-refractivity contribution is 7.89. The Hall–Kier alpha value is -2.76. The maximum absolute atomic E-state index is 13.5. The Morgan fingerprint density at radius 2 is 1.89 bits per heavy atom. The molecule has 1 saturated heterocycles. The number of aromatic amines is 1. The molecule has 4 rings (SSSR count). The van der Waals surface area contributed by atoms with Gasteiger partial charge in [-0.15, -0.1) is 0 Å². The van der Waals surface area contributed by atoms with Gasteiger partial charge in [0.1, 0.15) is 17.1 Å². The first-order chi connectivity index (χ1) is 17.1. The van der Waals surface area contributed by atoms with Crippen molar-refractivity contribution in [1.82, 2.24) is 29.4 Å². The van der Waals surface area contributed by atoms with E-state index in [1.807, 2.05) is 27.7 Å². The minimum absolute atomic E-state index is 0.0799. The van der Waals surface area contributed by atoms with Crippen molar-refractivity contribution in [3.63, 3.8) is 0 Å². The van der Waals surface area contributed by atoms with Crippen molar-refractivity contribution < 1.29 is 13.2 Å². The normalized spacial score (nSPS) is 15.1. The second kappa shape index (κ2) is 10.3. The van der Waals surface area contributed by atoms with Crippen LogP contribution in [0.25, 0.3) is 22.4 Å². The third-order valence-corrected chi connectivity index (χ3v) is 8.15. The average molecular weight is 517 g/mol. The summed E-state index contributed by atoms with van der Waals surface area (Å²) in [5.41, 5.74) is 0.975. The summed E-state index contributed by atoms with van der Waals surface area (Å²) < 4.78 is 37.2. The van der Waals surface area contributed by atoms with Crippen molar-refractivity contribution in [1.29, 1.82) is 0 Å². The van der Waals surface area contributed by atoms with Gasteiger partial charge in [0.05, 0.1) is 28.4 Å². The van der Waals surface area contributed by atoms with E-state index in [1.54, 1.807) is 13.1 Å². The van der Waals surface area contributed by atoms with E-state index < -0.39 is 15.7 Å². The van der Waals surface area contributed by atoms with E-state index >= 15 is 0 Å². The quantitative estimate of drug-likeness (QED) is 0.424. The molecule has 0 radical (unpaired) electrons. The van der Waals surface area contributed by atoms with Gasteiger partial charge in [-0.3, -0.25) is 14.4 Å². The molecule has 11 heteroatoms. The molecule has 1 aromatic carbocycles. The summed E-state index contributed by atoms with van der Waals surface area (Å²) in [6.45, 7) is 9.92. The van der Waals surface area contributed by atoms with Crippen LogP contribution >= 0.6 is 0 Å². The molecule has 1 aliphatic heterocycles. The molecule has 0 atom stereocenters. The monoisotopic (exact) mass is 516 g/mol.